The van der Waals surface area contributed by atoms with E-state index in [1.165, 1.54) is 16.9 Å². The van der Waals surface area contributed by atoms with Crippen LogP contribution < -0.4 is 0 Å². The molecule has 0 saturated carbocycles. The smallest absolute Gasteiger partial charge is 0.348 e. The molecule has 0 aliphatic carbocycles. The Kier molecular flexibility index (Phi) is 6.81. The average molecular weight is 506 g/mol. The maximum absolute atomic E-state index is 12.9. The summed E-state index contributed by atoms with van der Waals surface area (Å²) in [6.45, 7) is 9.80. The van der Waals surface area contributed by atoms with Crippen LogP contribution in [-0.4, -0.2) is 45.4 Å². The molecule has 1 saturated heterocycles. The lowest BCUT2D eigenvalue weighted by atomic mass is 10.1. The van der Waals surface area contributed by atoms with Crippen LogP contribution in [0.1, 0.15) is 61.1 Å². The van der Waals surface area contributed by atoms with Crippen LogP contribution in [0.4, 0.5) is 0 Å². The molecule has 7 nitrogen and oxygen atoms in total. The van der Waals surface area contributed by atoms with Crippen molar-refractivity contribution in [1.82, 2.24) is 14.3 Å². The first-order chi connectivity index (χ1) is 17.3. The van der Waals surface area contributed by atoms with Gasteiger partial charge in [-0.05, 0) is 58.2 Å². The zero-order valence-corrected chi connectivity index (χ0v) is 22.0. The second kappa shape index (κ2) is 10.0. The molecule has 3 aromatic heterocycles. The molecule has 0 N–H and O–H groups in total. The third kappa shape index (κ3) is 4.88. The van der Waals surface area contributed by atoms with Crippen LogP contribution >= 0.6 is 11.3 Å². The van der Waals surface area contributed by atoms with E-state index in [0.717, 1.165) is 58.9 Å². The highest BCUT2D eigenvalue weighted by Gasteiger charge is 2.23. The summed E-state index contributed by atoms with van der Waals surface area (Å²) in [6.07, 6.45) is 2.30. The lowest BCUT2D eigenvalue weighted by Gasteiger charge is -2.14. The lowest BCUT2D eigenvalue weighted by Crippen LogP contribution is -2.18. The largest absolute Gasteiger partial charge is 0.453 e. The topological polar surface area (TPSA) is 75.4 Å². The van der Waals surface area contributed by atoms with Gasteiger partial charge in [0.25, 0.3) is 0 Å². The van der Waals surface area contributed by atoms with Crippen LogP contribution in [0.5, 0.6) is 0 Å². The van der Waals surface area contributed by atoms with Crippen molar-refractivity contribution in [3.63, 3.8) is 0 Å². The number of benzene rings is 1. The number of aryl methyl sites for hydroxylation is 3. The summed E-state index contributed by atoms with van der Waals surface area (Å²) in [5.74, 6) is -0.683. The number of hydrogen-bond donors (Lipinski definition) is 0. The Labute approximate surface area is 214 Å². The predicted octanol–water partition coefficient (Wildman–Crippen LogP) is 5.40. The van der Waals surface area contributed by atoms with Crippen LogP contribution in [0.25, 0.3) is 10.2 Å². The first-order valence-electron chi connectivity index (χ1n) is 12.3. The number of esters is 1. The minimum atomic E-state index is -0.487. The summed E-state index contributed by atoms with van der Waals surface area (Å²) >= 11 is 1.35. The third-order valence-corrected chi connectivity index (χ3v) is 8.01. The van der Waals surface area contributed by atoms with Gasteiger partial charge in [0.1, 0.15) is 9.71 Å². The molecule has 1 aliphatic rings. The van der Waals surface area contributed by atoms with Crippen molar-refractivity contribution < 1.29 is 19.1 Å². The molecule has 1 fully saturated rings. The van der Waals surface area contributed by atoms with E-state index in [9.17, 15) is 9.59 Å². The summed E-state index contributed by atoms with van der Waals surface area (Å²) in [5.41, 5.74) is 5.71. The Bertz CT molecular complexity index is 1420. The summed E-state index contributed by atoms with van der Waals surface area (Å²) < 4.78 is 15.3. The summed E-state index contributed by atoms with van der Waals surface area (Å²) in [6, 6.07) is 12.0. The molecule has 0 radical (unpaired) electrons. The molecule has 4 heterocycles. The summed E-state index contributed by atoms with van der Waals surface area (Å²) in [4.78, 5) is 27.2. The Morgan fingerprint density at radius 3 is 2.64 bits per heavy atom. The molecule has 0 amide bonds. The number of fused-ring (bicyclic) bond motifs is 1. The second-order valence-corrected chi connectivity index (χ2v) is 10.6. The Morgan fingerprint density at radius 1 is 1.14 bits per heavy atom. The molecule has 1 aliphatic heterocycles. The van der Waals surface area contributed by atoms with Crippen LogP contribution in [0.15, 0.2) is 36.4 Å². The highest BCUT2D eigenvalue weighted by molar-refractivity contribution is 7.20. The van der Waals surface area contributed by atoms with Crippen LogP contribution in [-0.2, 0) is 22.6 Å². The quantitative estimate of drug-likeness (QED) is 0.237. The lowest BCUT2D eigenvalue weighted by molar-refractivity contribution is 0.0479. The molecule has 4 aromatic rings. The van der Waals surface area contributed by atoms with Crippen molar-refractivity contribution in [2.75, 3.05) is 13.2 Å². The van der Waals surface area contributed by atoms with Crippen molar-refractivity contribution >= 4 is 33.3 Å². The standard InChI is InChI=1S/C28H31N3O4S/c1-17-7-9-21(10-8-17)14-31-27-23(19(3)29-31)13-26(36-27)28(33)35-16-25(32)24-12-18(2)30(20(24)4)15-22-6-5-11-34-22/h7-10,12-13,22H,5-6,11,14-16H2,1-4H3/t22-/m1/s1. The first-order valence-corrected chi connectivity index (χ1v) is 13.1. The van der Waals surface area contributed by atoms with E-state index in [1.807, 2.05) is 37.6 Å². The maximum Gasteiger partial charge on any atom is 0.348 e. The van der Waals surface area contributed by atoms with Crippen molar-refractivity contribution in [3.05, 3.63) is 75.0 Å². The van der Waals surface area contributed by atoms with Gasteiger partial charge in [-0.1, -0.05) is 29.8 Å². The van der Waals surface area contributed by atoms with E-state index < -0.39 is 5.97 Å². The van der Waals surface area contributed by atoms with Gasteiger partial charge in [0.2, 0.25) is 5.78 Å². The number of Topliss-reactive ketones (excluding diaryl/α,β-unsaturated/α-hetero) is 1. The van der Waals surface area contributed by atoms with Crippen LogP contribution in [0.2, 0.25) is 0 Å². The fourth-order valence-corrected chi connectivity index (χ4v) is 5.88. The van der Waals surface area contributed by atoms with Crippen LogP contribution in [0, 0.1) is 27.7 Å². The monoisotopic (exact) mass is 505 g/mol. The van der Waals surface area contributed by atoms with Gasteiger partial charge in [0.15, 0.2) is 6.61 Å². The van der Waals surface area contributed by atoms with Crippen molar-refractivity contribution in [2.45, 2.75) is 59.7 Å². The normalized spacial score (nSPS) is 15.6. The SMILES string of the molecule is Cc1ccc(Cn2nc(C)c3cc(C(=O)OCC(=O)c4cc(C)n(C[C@H]5CCCO5)c4C)sc32)cc1. The molecule has 5 rings (SSSR count). The van der Waals surface area contributed by atoms with E-state index in [-0.39, 0.29) is 18.5 Å². The van der Waals surface area contributed by atoms with Gasteiger partial charge in [0, 0.05) is 35.5 Å². The van der Waals surface area contributed by atoms with E-state index in [4.69, 9.17) is 9.47 Å². The van der Waals surface area contributed by atoms with Crippen molar-refractivity contribution in [3.8, 4) is 0 Å². The van der Waals surface area contributed by atoms with Gasteiger partial charge in [-0.15, -0.1) is 11.3 Å². The highest BCUT2D eigenvalue weighted by atomic mass is 32.1. The van der Waals surface area contributed by atoms with E-state index in [2.05, 4.69) is 40.9 Å². The highest BCUT2D eigenvalue weighted by Crippen LogP contribution is 2.29. The number of rotatable bonds is 8. The number of carbonyl (C=O) groups excluding carboxylic acids is 2. The van der Waals surface area contributed by atoms with Gasteiger partial charge >= 0.3 is 5.97 Å². The fraction of sp³-hybridized carbons (Fsp3) is 0.393. The minimum Gasteiger partial charge on any atom is -0.453 e. The van der Waals surface area contributed by atoms with Crippen LogP contribution in [0.3, 0.4) is 0 Å². The number of aromatic nitrogens is 3. The summed E-state index contributed by atoms with van der Waals surface area (Å²) in [7, 11) is 0. The van der Waals surface area contributed by atoms with Crippen molar-refractivity contribution in [1.29, 1.82) is 0 Å². The van der Waals surface area contributed by atoms with Gasteiger partial charge < -0.3 is 14.0 Å². The molecular formula is C28H31N3O4S. The molecule has 36 heavy (non-hydrogen) atoms. The predicted molar refractivity (Wildman–Crippen MR) is 140 cm³/mol. The molecule has 0 spiro atoms. The molecule has 188 valence electrons. The maximum atomic E-state index is 12.9. The van der Waals surface area contributed by atoms with Gasteiger partial charge in [-0.25, -0.2) is 4.79 Å². The average Bonchev–Trinajstić information content (AvgIpc) is 3.63. The Hall–Kier alpha value is -3.23. The molecule has 0 unspecified atom stereocenters. The molecule has 1 atom stereocenters. The second-order valence-electron chi connectivity index (χ2n) is 9.59. The third-order valence-electron chi connectivity index (χ3n) is 6.88. The Morgan fingerprint density at radius 2 is 1.92 bits per heavy atom. The van der Waals surface area contributed by atoms with Gasteiger partial charge in [0.05, 0.1) is 18.3 Å². The van der Waals surface area contributed by atoms with Gasteiger partial charge in [-0.3, -0.25) is 9.48 Å². The van der Waals surface area contributed by atoms with Gasteiger partial charge in [-0.2, -0.15) is 5.10 Å². The molecule has 0 bridgehead atoms. The van der Waals surface area contributed by atoms with E-state index in [0.29, 0.717) is 17.0 Å². The summed E-state index contributed by atoms with van der Waals surface area (Å²) in [5, 5.41) is 5.58. The molecule has 1 aromatic carbocycles. The number of nitrogens with zero attached hydrogens (tertiary/aromatic N) is 3. The number of hydrogen-bond acceptors (Lipinski definition) is 6. The fourth-order valence-electron chi connectivity index (χ4n) is 4.82. The number of carbonyl (C=O) groups is 2. The van der Waals surface area contributed by atoms with E-state index in [1.54, 1.807) is 0 Å². The number of ether oxygens (including phenoxy) is 2. The Balaban J connectivity index is 1.26. The number of ketones is 1. The zero-order chi connectivity index (χ0) is 25.4. The minimum absolute atomic E-state index is 0.189. The van der Waals surface area contributed by atoms with E-state index >= 15 is 0 Å². The molecule has 8 heteroatoms. The first kappa shape index (κ1) is 24.5. The van der Waals surface area contributed by atoms with Crippen molar-refractivity contribution in [2.24, 2.45) is 0 Å². The zero-order valence-electron chi connectivity index (χ0n) is 21.2. The number of thiophene rings is 1. The molecular weight excluding hydrogens is 474 g/mol.